The minimum Gasteiger partial charge on any atom is -0.358 e. The van der Waals surface area contributed by atoms with Gasteiger partial charge in [0.15, 0.2) is 6.33 Å². The molecule has 0 aliphatic rings. The first-order valence-electron chi connectivity index (χ1n) is 4.57. The van der Waals surface area contributed by atoms with Crippen LogP contribution in [0.25, 0.3) is 0 Å². The lowest BCUT2D eigenvalue weighted by atomic mass is 10.2. The van der Waals surface area contributed by atoms with E-state index >= 15 is 0 Å². The third-order valence-electron chi connectivity index (χ3n) is 2.14. The van der Waals surface area contributed by atoms with Crippen LogP contribution in [0, 0.1) is 10.1 Å². The average Bonchev–Trinajstić information content (AvgIpc) is 2.61. The Hall–Kier alpha value is -1.88. The van der Waals surface area contributed by atoms with Gasteiger partial charge < -0.3 is 10.1 Å². The van der Waals surface area contributed by atoms with Crippen molar-refractivity contribution in [2.45, 2.75) is 6.54 Å². The molecule has 1 aromatic carbocycles. The molecule has 0 fully saturated rings. The molecular weight excluding hydrogens is 230 g/mol. The molecule has 0 unspecified atom stereocenters. The molecule has 0 saturated carbocycles. The number of rotatable bonds is 3. The minimum atomic E-state index is -0.529. The van der Waals surface area contributed by atoms with Gasteiger partial charge in [0, 0.05) is 0 Å². The average molecular weight is 238 g/mol. The van der Waals surface area contributed by atoms with Crippen molar-refractivity contribution in [1.29, 1.82) is 0 Å². The van der Waals surface area contributed by atoms with Gasteiger partial charge in [-0.2, -0.15) is 4.98 Å². The molecule has 2 aromatic rings. The Morgan fingerprint density at radius 2 is 2.06 bits per heavy atom. The van der Waals surface area contributed by atoms with Gasteiger partial charge in [-0.25, -0.2) is 4.57 Å². The fraction of sp³-hybridized carbons (Fsp3) is 0.100. The maximum absolute atomic E-state index is 10.8. The lowest BCUT2D eigenvalue weighted by molar-refractivity contribution is -0.391. The van der Waals surface area contributed by atoms with Crippen molar-refractivity contribution < 1.29 is 4.92 Å². The maximum atomic E-state index is 10.8. The van der Waals surface area contributed by atoms with Gasteiger partial charge in [-0.1, -0.05) is 41.9 Å². The van der Waals surface area contributed by atoms with Gasteiger partial charge in [0.1, 0.15) is 6.54 Å². The summed E-state index contributed by atoms with van der Waals surface area (Å²) in [7, 11) is 0. The summed E-state index contributed by atoms with van der Waals surface area (Å²) >= 11 is 5.63. The van der Waals surface area contributed by atoms with Gasteiger partial charge in [0.2, 0.25) is 5.15 Å². The molecule has 1 heterocycles. The zero-order chi connectivity index (χ0) is 11.5. The quantitative estimate of drug-likeness (QED) is 0.609. The molecule has 6 heteroatoms. The molecule has 0 saturated heterocycles. The molecule has 2 rings (SSSR count). The monoisotopic (exact) mass is 237 g/mol. The smallest absolute Gasteiger partial charge is 0.358 e. The summed E-state index contributed by atoms with van der Waals surface area (Å²) in [5, 5.41) is 10.7. The number of hydrogen-bond acceptors (Lipinski definition) is 3. The zero-order valence-electron chi connectivity index (χ0n) is 8.21. The van der Waals surface area contributed by atoms with E-state index in [1.54, 1.807) is 0 Å². The summed E-state index contributed by atoms with van der Waals surface area (Å²) in [6, 6.07) is 9.41. The first-order valence-corrected chi connectivity index (χ1v) is 4.95. The highest BCUT2D eigenvalue weighted by molar-refractivity contribution is 6.31. The second-order valence-electron chi connectivity index (χ2n) is 3.23. The van der Waals surface area contributed by atoms with Gasteiger partial charge in [-0.3, -0.25) is 0 Å². The van der Waals surface area contributed by atoms with Crippen LogP contribution in [0.5, 0.6) is 0 Å². The second-order valence-corrected chi connectivity index (χ2v) is 3.59. The third-order valence-corrected chi connectivity index (χ3v) is 2.40. The van der Waals surface area contributed by atoms with Crippen LogP contribution in [0.15, 0.2) is 36.7 Å². The largest absolute Gasteiger partial charge is 0.362 e. The van der Waals surface area contributed by atoms with E-state index in [9.17, 15) is 10.1 Å². The van der Waals surface area contributed by atoms with Crippen molar-refractivity contribution in [3.05, 3.63) is 57.5 Å². The molecule has 82 valence electrons. The number of halogens is 1. The molecule has 16 heavy (non-hydrogen) atoms. The van der Waals surface area contributed by atoms with Crippen molar-refractivity contribution in [2.75, 3.05) is 0 Å². The fourth-order valence-corrected chi connectivity index (χ4v) is 1.65. The highest BCUT2D eigenvalue weighted by Gasteiger charge is 2.19. The molecule has 5 nitrogen and oxygen atoms in total. The van der Waals surface area contributed by atoms with Crippen LogP contribution in [0.2, 0.25) is 5.15 Å². The number of nitrogens with zero attached hydrogens (tertiary/aromatic N) is 3. The highest BCUT2D eigenvalue weighted by Crippen LogP contribution is 2.22. The summed E-state index contributed by atoms with van der Waals surface area (Å²) in [5.41, 5.74) is 0.958. The number of nitro groups is 1. The molecule has 0 amide bonds. The van der Waals surface area contributed by atoms with Gasteiger partial charge >= 0.3 is 5.82 Å². The SMILES string of the molecule is O=[N+]([O-])c1c(Cl)ncn1Cc1ccccc1. The predicted molar refractivity (Wildman–Crippen MR) is 59.4 cm³/mol. The van der Waals surface area contributed by atoms with E-state index in [1.807, 2.05) is 30.3 Å². The Labute approximate surface area is 96.4 Å². The molecule has 0 spiro atoms. The number of benzene rings is 1. The number of hydrogen-bond donors (Lipinski definition) is 0. The van der Waals surface area contributed by atoms with E-state index in [4.69, 9.17) is 11.6 Å². The first kappa shape index (κ1) is 10.6. The first-order chi connectivity index (χ1) is 7.68. The van der Waals surface area contributed by atoms with Crippen LogP contribution in [-0.2, 0) is 6.54 Å². The van der Waals surface area contributed by atoms with Crippen LogP contribution in [0.3, 0.4) is 0 Å². The molecule has 0 aliphatic carbocycles. The summed E-state index contributed by atoms with van der Waals surface area (Å²) in [6.45, 7) is 0.386. The lowest BCUT2D eigenvalue weighted by Crippen LogP contribution is -2.03. The summed E-state index contributed by atoms with van der Waals surface area (Å²) in [4.78, 5) is 13.9. The Balaban J connectivity index is 2.32. The van der Waals surface area contributed by atoms with Gasteiger partial charge in [0.25, 0.3) is 0 Å². The third kappa shape index (κ3) is 2.04. The number of imidazole rings is 1. The Morgan fingerprint density at radius 1 is 1.38 bits per heavy atom. The standard InChI is InChI=1S/C10H8ClN3O2/c11-9-10(14(15)16)13(7-12-9)6-8-4-2-1-3-5-8/h1-5,7H,6H2. The maximum Gasteiger partial charge on any atom is 0.362 e. The van der Waals surface area contributed by atoms with Gasteiger partial charge in [-0.05, 0) is 10.5 Å². The molecular formula is C10H8ClN3O2. The normalized spacial score (nSPS) is 10.3. The van der Waals surface area contributed by atoms with E-state index in [2.05, 4.69) is 4.98 Å². The van der Waals surface area contributed by atoms with E-state index in [0.717, 1.165) is 5.56 Å². The van der Waals surface area contributed by atoms with Crippen molar-refractivity contribution in [2.24, 2.45) is 0 Å². The summed E-state index contributed by atoms with van der Waals surface area (Å²) in [5.74, 6) is -0.175. The van der Waals surface area contributed by atoms with Crippen LogP contribution < -0.4 is 0 Å². The van der Waals surface area contributed by atoms with E-state index in [0.29, 0.717) is 6.54 Å². The van der Waals surface area contributed by atoms with E-state index in [1.165, 1.54) is 10.9 Å². The Morgan fingerprint density at radius 3 is 2.69 bits per heavy atom. The number of aromatic nitrogens is 2. The van der Waals surface area contributed by atoms with E-state index < -0.39 is 4.92 Å². The van der Waals surface area contributed by atoms with Crippen LogP contribution in [-0.4, -0.2) is 14.5 Å². The second kappa shape index (κ2) is 4.32. The van der Waals surface area contributed by atoms with Crippen LogP contribution >= 0.6 is 11.6 Å². The molecule has 0 radical (unpaired) electrons. The predicted octanol–water partition coefficient (Wildman–Crippen LogP) is 2.49. The highest BCUT2D eigenvalue weighted by atomic mass is 35.5. The fourth-order valence-electron chi connectivity index (χ4n) is 1.43. The lowest BCUT2D eigenvalue weighted by Gasteiger charge is -2.00. The van der Waals surface area contributed by atoms with Crippen LogP contribution in [0.4, 0.5) is 5.82 Å². The van der Waals surface area contributed by atoms with Gasteiger partial charge in [-0.15, -0.1) is 0 Å². The van der Waals surface area contributed by atoms with Crippen molar-refractivity contribution >= 4 is 17.4 Å². The summed E-state index contributed by atoms with van der Waals surface area (Å²) in [6.07, 6.45) is 1.37. The van der Waals surface area contributed by atoms with Crippen LogP contribution in [0.1, 0.15) is 5.56 Å². The molecule has 0 atom stereocenters. The molecule has 0 bridgehead atoms. The van der Waals surface area contributed by atoms with Crippen molar-refractivity contribution in [3.63, 3.8) is 0 Å². The molecule has 0 aliphatic heterocycles. The topological polar surface area (TPSA) is 61.0 Å². The molecule has 1 aromatic heterocycles. The molecule has 0 N–H and O–H groups in total. The van der Waals surface area contributed by atoms with E-state index in [-0.39, 0.29) is 11.0 Å². The van der Waals surface area contributed by atoms with Crippen molar-refractivity contribution in [1.82, 2.24) is 9.55 Å². The Kier molecular flexibility index (Phi) is 2.87. The van der Waals surface area contributed by atoms with Crippen molar-refractivity contribution in [3.8, 4) is 0 Å². The minimum absolute atomic E-state index is 0.0825. The summed E-state index contributed by atoms with van der Waals surface area (Å²) < 4.78 is 1.41. The van der Waals surface area contributed by atoms with Gasteiger partial charge in [0.05, 0.1) is 0 Å². The Bertz CT molecular complexity index is 510. The zero-order valence-corrected chi connectivity index (χ0v) is 8.96.